The number of hydrogen-bond donors (Lipinski definition) is 1. The lowest BCUT2D eigenvalue weighted by atomic mass is 9.62. The number of nitrogens with zero attached hydrogens (tertiary/aromatic N) is 6. The molecule has 0 radical (unpaired) electrons. The quantitative estimate of drug-likeness (QED) is 0.415. The highest BCUT2D eigenvalue weighted by atomic mass is 19.4. The number of hydrogen-bond acceptors (Lipinski definition) is 5. The number of piperidine rings is 1. The Labute approximate surface area is 223 Å². The summed E-state index contributed by atoms with van der Waals surface area (Å²) in [6.07, 6.45) is 2.28. The van der Waals surface area contributed by atoms with Crippen molar-refractivity contribution in [2.75, 3.05) is 13.1 Å². The monoisotopic (exact) mass is 540 g/mol. The molecule has 8 nitrogen and oxygen atoms in total. The minimum atomic E-state index is -4.62. The Balaban J connectivity index is 1.44. The van der Waals surface area contributed by atoms with Crippen LogP contribution < -0.4 is 5.69 Å². The molecule has 0 unspecified atom stereocenters. The second-order valence-electron chi connectivity index (χ2n) is 11.2. The fourth-order valence-corrected chi connectivity index (χ4v) is 6.39. The Kier molecular flexibility index (Phi) is 6.18. The summed E-state index contributed by atoms with van der Waals surface area (Å²) in [5.74, 6) is 1.18. The van der Waals surface area contributed by atoms with Crippen molar-refractivity contribution >= 4 is 5.52 Å². The summed E-state index contributed by atoms with van der Waals surface area (Å²) in [4.78, 5) is 15.7. The van der Waals surface area contributed by atoms with E-state index in [9.17, 15) is 23.1 Å². The van der Waals surface area contributed by atoms with Crippen molar-refractivity contribution in [3.8, 4) is 5.69 Å². The summed E-state index contributed by atoms with van der Waals surface area (Å²) in [7, 11) is 1.83. The van der Waals surface area contributed by atoms with Gasteiger partial charge in [0, 0.05) is 32.5 Å². The van der Waals surface area contributed by atoms with Crippen LogP contribution in [0.5, 0.6) is 0 Å². The Morgan fingerprint density at radius 3 is 2.64 bits per heavy atom. The topological polar surface area (TPSA) is 80.6 Å². The first kappa shape index (κ1) is 25.8. The van der Waals surface area contributed by atoms with E-state index in [2.05, 4.69) is 22.0 Å². The summed E-state index contributed by atoms with van der Waals surface area (Å²) in [5.41, 5.74) is -0.446. The molecule has 1 atom stereocenters. The molecule has 2 aliphatic rings. The van der Waals surface area contributed by atoms with Gasteiger partial charge < -0.3 is 9.67 Å². The number of fused-ring (bicyclic) bond motifs is 1. The van der Waals surface area contributed by atoms with Gasteiger partial charge in [0.1, 0.15) is 12.2 Å². The van der Waals surface area contributed by atoms with Gasteiger partial charge in [-0.15, -0.1) is 10.2 Å². The lowest BCUT2D eigenvalue weighted by Crippen LogP contribution is -2.47. The molecule has 1 aliphatic carbocycles. The van der Waals surface area contributed by atoms with Crippen molar-refractivity contribution in [1.29, 1.82) is 0 Å². The molecule has 1 saturated heterocycles. The van der Waals surface area contributed by atoms with E-state index in [-0.39, 0.29) is 5.52 Å². The maximum Gasteiger partial charge on any atom is 0.418 e. The van der Waals surface area contributed by atoms with Gasteiger partial charge in [-0.2, -0.15) is 13.2 Å². The number of alkyl halides is 3. The van der Waals surface area contributed by atoms with Gasteiger partial charge in [-0.3, -0.25) is 13.9 Å². The summed E-state index contributed by atoms with van der Waals surface area (Å²) in [6, 6.07) is 8.34. The van der Waals surface area contributed by atoms with E-state index >= 15 is 0 Å². The molecule has 0 spiro atoms. The number of aliphatic hydroxyl groups is 1. The van der Waals surface area contributed by atoms with Crippen molar-refractivity contribution in [2.24, 2.45) is 13.0 Å². The van der Waals surface area contributed by atoms with Crippen molar-refractivity contribution in [3.05, 3.63) is 82.1 Å². The van der Waals surface area contributed by atoms with Gasteiger partial charge in [0.2, 0.25) is 0 Å². The first-order valence-corrected chi connectivity index (χ1v) is 13.2. The van der Waals surface area contributed by atoms with Gasteiger partial charge in [-0.25, -0.2) is 4.79 Å². The number of benzene rings is 1. The highest BCUT2D eigenvalue weighted by Crippen LogP contribution is 2.48. The standard InChI is InChI=1S/C28H31F3N6O2/c1-18-5-4-8-35(13-18)14-19-9-23(28(29,30)31)24-16-36(26(39)37(24)15-19)21-7-3-6-20(10-21)27(11-22(38)12-27)25-33-32-17-34(25)2/h3,6-7,9-10,15-18,22,38H,4-5,8,11-14H2,1-2H3/t18-,22-,27+/m0/s1. The summed E-state index contributed by atoms with van der Waals surface area (Å²) in [5, 5.41) is 18.5. The molecule has 0 bridgehead atoms. The molecule has 1 aromatic carbocycles. The van der Waals surface area contributed by atoms with Crippen LogP contribution in [0.15, 0.2) is 53.8 Å². The number of halogens is 3. The van der Waals surface area contributed by atoms with Crippen molar-refractivity contribution in [1.82, 2.24) is 28.6 Å². The number of aromatic nitrogens is 5. The minimum absolute atomic E-state index is 0.184. The van der Waals surface area contributed by atoms with Crippen LogP contribution >= 0.6 is 0 Å². The second-order valence-corrected chi connectivity index (χ2v) is 11.2. The zero-order chi connectivity index (χ0) is 27.5. The second kappa shape index (κ2) is 9.34. The molecule has 3 aromatic heterocycles. The predicted octanol–water partition coefficient (Wildman–Crippen LogP) is 3.91. The molecule has 0 amide bonds. The molecular formula is C28H31F3N6O2. The van der Waals surface area contributed by atoms with Gasteiger partial charge in [-0.1, -0.05) is 19.1 Å². The fourth-order valence-electron chi connectivity index (χ4n) is 6.39. The van der Waals surface area contributed by atoms with Crippen LogP contribution in [0.25, 0.3) is 11.2 Å². The van der Waals surface area contributed by atoms with Gasteiger partial charge in [0.15, 0.2) is 0 Å². The Morgan fingerprint density at radius 2 is 1.97 bits per heavy atom. The summed E-state index contributed by atoms with van der Waals surface area (Å²) >= 11 is 0. The summed E-state index contributed by atoms with van der Waals surface area (Å²) in [6.45, 7) is 4.16. The number of pyridine rings is 1. The number of aliphatic hydroxyl groups excluding tert-OH is 1. The zero-order valence-corrected chi connectivity index (χ0v) is 21.9. The number of imidazole rings is 1. The zero-order valence-electron chi connectivity index (χ0n) is 21.9. The molecule has 4 heterocycles. The van der Waals surface area contributed by atoms with Crippen molar-refractivity contribution < 1.29 is 18.3 Å². The van der Waals surface area contributed by atoms with E-state index in [1.54, 1.807) is 29.1 Å². The van der Waals surface area contributed by atoms with E-state index in [0.29, 0.717) is 42.4 Å². The smallest absolute Gasteiger partial charge is 0.393 e. The van der Waals surface area contributed by atoms with Crippen LogP contribution in [0.2, 0.25) is 0 Å². The Bertz CT molecular complexity index is 1580. The molecular weight excluding hydrogens is 509 g/mol. The molecule has 11 heteroatoms. The summed E-state index contributed by atoms with van der Waals surface area (Å²) < 4.78 is 46.8. The van der Waals surface area contributed by atoms with Crippen LogP contribution in [-0.4, -0.2) is 52.9 Å². The molecule has 39 heavy (non-hydrogen) atoms. The Morgan fingerprint density at radius 1 is 1.18 bits per heavy atom. The van der Waals surface area contributed by atoms with Crippen molar-refractivity contribution in [2.45, 2.75) is 56.8 Å². The third-order valence-corrected chi connectivity index (χ3v) is 8.26. The van der Waals surface area contributed by atoms with Crippen LogP contribution in [0, 0.1) is 5.92 Å². The van der Waals surface area contributed by atoms with Crippen molar-refractivity contribution in [3.63, 3.8) is 0 Å². The average Bonchev–Trinajstić information content (AvgIpc) is 3.44. The molecule has 4 aromatic rings. The lowest BCUT2D eigenvalue weighted by Gasteiger charge is -2.44. The largest absolute Gasteiger partial charge is 0.418 e. The third-order valence-electron chi connectivity index (χ3n) is 8.26. The molecule has 1 aliphatic heterocycles. The highest BCUT2D eigenvalue weighted by molar-refractivity contribution is 5.58. The van der Waals surface area contributed by atoms with Gasteiger partial charge in [0.05, 0.1) is 28.3 Å². The van der Waals surface area contributed by atoms with Gasteiger partial charge >= 0.3 is 11.9 Å². The van der Waals surface area contributed by atoms with Crippen LogP contribution in [0.1, 0.15) is 55.1 Å². The maximum absolute atomic E-state index is 14.2. The normalized spacial score (nSPS) is 24.3. The fraction of sp³-hybridized carbons (Fsp3) is 0.464. The van der Waals surface area contributed by atoms with E-state index in [4.69, 9.17) is 0 Å². The molecule has 206 valence electrons. The van der Waals surface area contributed by atoms with E-state index in [1.807, 2.05) is 13.1 Å². The first-order valence-electron chi connectivity index (χ1n) is 13.2. The van der Waals surface area contributed by atoms with Gasteiger partial charge in [-0.05, 0) is 67.5 Å². The SMILES string of the molecule is C[C@H]1CCCN(Cc2cc(C(F)(F)F)c3cn(-c4cccc([C@]5(c6nncn6C)C[C@@H](O)C5)c4)c(=O)n3c2)C1. The molecule has 1 saturated carbocycles. The molecule has 6 rings (SSSR count). The van der Waals surface area contributed by atoms with Crippen LogP contribution in [0.4, 0.5) is 13.2 Å². The number of aryl methyl sites for hydroxylation is 1. The maximum atomic E-state index is 14.2. The average molecular weight is 541 g/mol. The molecule has 2 fully saturated rings. The number of likely N-dealkylation sites (tertiary alicyclic amines) is 1. The van der Waals surface area contributed by atoms with E-state index in [1.165, 1.54) is 23.0 Å². The Hall–Kier alpha value is -3.44. The lowest BCUT2D eigenvalue weighted by molar-refractivity contribution is -0.136. The predicted molar refractivity (Wildman–Crippen MR) is 139 cm³/mol. The molecule has 1 N–H and O–H groups in total. The highest BCUT2D eigenvalue weighted by Gasteiger charge is 2.49. The first-order chi connectivity index (χ1) is 18.5. The third kappa shape index (κ3) is 4.47. The number of rotatable bonds is 5. The van der Waals surface area contributed by atoms with E-state index < -0.39 is 28.9 Å². The van der Waals surface area contributed by atoms with Crippen LogP contribution in [0.3, 0.4) is 0 Å². The van der Waals surface area contributed by atoms with Gasteiger partial charge in [0.25, 0.3) is 0 Å². The minimum Gasteiger partial charge on any atom is -0.393 e. The van der Waals surface area contributed by atoms with Crippen LogP contribution in [-0.2, 0) is 25.2 Å². The van der Waals surface area contributed by atoms with E-state index in [0.717, 1.165) is 35.9 Å².